The van der Waals surface area contributed by atoms with E-state index < -0.39 is 17.7 Å². The predicted molar refractivity (Wildman–Crippen MR) is 130 cm³/mol. The minimum atomic E-state index is -0.718. The lowest BCUT2D eigenvalue weighted by Gasteiger charge is -2.26. The maximum absolute atomic E-state index is 13.2. The number of carbonyl (C=O) groups is 2. The summed E-state index contributed by atoms with van der Waals surface area (Å²) in [5.74, 6) is -0.920. The van der Waals surface area contributed by atoms with Crippen molar-refractivity contribution in [1.82, 2.24) is 9.88 Å². The predicted octanol–water partition coefficient (Wildman–Crippen LogP) is 5.01. The number of Topliss-reactive ketones (excluding diaryl/α,β-unsaturated/α-hetero) is 1. The number of likely N-dealkylation sites (tertiary alicyclic amines) is 1. The number of hydrogen-bond donors (Lipinski definition) is 1. The van der Waals surface area contributed by atoms with Crippen LogP contribution in [-0.4, -0.2) is 33.8 Å². The van der Waals surface area contributed by atoms with E-state index in [1.54, 1.807) is 43.8 Å². The van der Waals surface area contributed by atoms with Gasteiger partial charge >= 0.3 is 0 Å². The van der Waals surface area contributed by atoms with Gasteiger partial charge in [-0.15, -0.1) is 0 Å². The van der Waals surface area contributed by atoms with Gasteiger partial charge in [0, 0.05) is 24.5 Å². The van der Waals surface area contributed by atoms with Crippen LogP contribution in [0.1, 0.15) is 49.1 Å². The van der Waals surface area contributed by atoms with Crippen molar-refractivity contribution in [2.75, 3.05) is 7.11 Å². The Kier molecular flexibility index (Phi) is 6.24. The zero-order chi connectivity index (χ0) is 24.5. The second kappa shape index (κ2) is 9.14. The van der Waals surface area contributed by atoms with Crippen LogP contribution in [0.15, 0.2) is 78.6 Å². The topological polar surface area (TPSA) is 79.7 Å². The van der Waals surface area contributed by atoms with Crippen LogP contribution in [0.25, 0.3) is 5.76 Å². The van der Waals surface area contributed by atoms with Crippen LogP contribution in [0.2, 0.25) is 0 Å². The van der Waals surface area contributed by atoms with Gasteiger partial charge in [0.25, 0.3) is 11.7 Å². The summed E-state index contributed by atoms with van der Waals surface area (Å²) in [5, 5.41) is 11.2. The van der Waals surface area contributed by atoms with Crippen molar-refractivity contribution >= 4 is 17.4 Å². The lowest BCUT2D eigenvalue weighted by Crippen LogP contribution is -2.29. The monoisotopic (exact) mass is 456 g/mol. The van der Waals surface area contributed by atoms with E-state index in [0.717, 1.165) is 16.7 Å². The first kappa shape index (κ1) is 23.2. The average Bonchev–Trinajstić information content (AvgIpc) is 3.09. The van der Waals surface area contributed by atoms with E-state index in [1.165, 1.54) is 4.90 Å². The molecule has 0 saturated carbocycles. The first-order valence-corrected chi connectivity index (χ1v) is 11.1. The van der Waals surface area contributed by atoms with Gasteiger partial charge in [-0.25, -0.2) is 0 Å². The van der Waals surface area contributed by atoms with Crippen LogP contribution in [0.5, 0.6) is 5.75 Å². The largest absolute Gasteiger partial charge is 0.507 e. The molecular formula is C28H28N2O4. The molecule has 0 bridgehead atoms. The highest BCUT2D eigenvalue weighted by Gasteiger charge is 2.46. The van der Waals surface area contributed by atoms with E-state index in [9.17, 15) is 14.7 Å². The second-order valence-electron chi connectivity index (χ2n) is 9.38. The van der Waals surface area contributed by atoms with Crippen molar-refractivity contribution in [3.05, 3.63) is 101 Å². The second-order valence-corrected chi connectivity index (χ2v) is 9.38. The number of ketones is 1. The summed E-state index contributed by atoms with van der Waals surface area (Å²) in [4.78, 5) is 31.9. The molecule has 1 atom stereocenters. The zero-order valence-electron chi connectivity index (χ0n) is 19.8. The number of nitrogens with zero attached hydrogens (tertiary/aromatic N) is 2. The van der Waals surface area contributed by atoms with Gasteiger partial charge in [-0.1, -0.05) is 45.0 Å². The van der Waals surface area contributed by atoms with Gasteiger partial charge in [0.05, 0.1) is 18.7 Å². The molecule has 2 aromatic carbocycles. The molecule has 0 aliphatic carbocycles. The van der Waals surface area contributed by atoms with Crippen LogP contribution in [-0.2, 0) is 21.5 Å². The molecule has 0 spiro atoms. The van der Waals surface area contributed by atoms with Crippen molar-refractivity contribution < 1.29 is 19.4 Å². The third kappa shape index (κ3) is 4.44. The van der Waals surface area contributed by atoms with Gasteiger partial charge in [0.15, 0.2) is 0 Å². The summed E-state index contributed by atoms with van der Waals surface area (Å²) in [6.07, 6.45) is 3.30. The van der Waals surface area contributed by atoms with E-state index in [4.69, 9.17) is 4.74 Å². The van der Waals surface area contributed by atoms with Gasteiger partial charge in [-0.05, 0) is 58.5 Å². The molecule has 6 nitrogen and oxygen atoms in total. The maximum Gasteiger partial charge on any atom is 0.295 e. The van der Waals surface area contributed by atoms with Crippen LogP contribution in [0.4, 0.5) is 0 Å². The van der Waals surface area contributed by atoms with E-state index in [-0.39, 0.29) is 23.3 Å². The maximum atomic E-state index is 13.2. The van der Waals surface area contributed by atoms with Gasteiger partial charge < -0.3 is 14.7 Å². The van der Waals surface area contributed by atoms with Crippen molar-refractivity contribution in [3.8, 4) is 5.75 Å². The highest BCUT2D eigenvalue weighted by molar-refractivity contribution is 6.46. The summed E-state index contributed by atoms with van der Waals surface area (Å²) < 4.78 is 5.19. The Morgan fingerprint density at radius 1 is 0.971 bits per heavy atom. The van der Waals surface area contributed by atoms with Gasteiger partial charge in [0.2, 0.25) is 0 Å². The minimum Gasteiger partial charge on any atom is -0.507 e. The van der Waals surface area contributed by atoms with Crippen molar-refractivity contribution in [2.45, 2.75) is 38.8 Å². The lowest BCUT2D eigenvalue weighted by atomic mass is 9.85. The zero-order valence-corrected chi connectivity index (χ0v) is 19.8. The molecule has 3 aromatic rings. The van der Waals surface area contributed by atoms with E-state index >= 15 is 0 Å². The van der Waals surface area contributed by atoms with E-state index in [0.29, 0.717) is 11.3 Å². The molecule has 1 aliphatic heterocycles. The molecule has 1 aromatic heterocycles. The summed E-state index contributed by atoms with van der Waals surface area (Å²) >= 11 is 0. The highest BCUT2D eigenvalue weighted by Crippen LogP contribution is 2.41. The molecule has 34 heavy (non-hydrogen) atoms. The highest BCUT2D eigenvalue weighted by atomic mass is 16.5. The molecule has 1 amide bonds. The molecule has 1 fully saturated rings. The molecular weight excluding hydrogens is 428 g/mol. The molecule has 1 N–H and O–H groups in total. The van der Waals surface area contributed by atoms with Crippen LogP contribution >= 0.6 is 0 Å². The summed E-state index contributed by atoms with van der Waals surface area (Å²) in [5.41, 5.74) is 3.22. The van der Waals surface area contributed by atoms with Gasteiger partial charge in [-0.2, -0.15) is 0 Å². The van der Waals surface area contributed by atoms with Gasteiger partial charge in [-0.3, -0.25) is 14.6 Å². The SMILES string of the molecule is COc1ccc(C(O)=C2C(=O)C(=O)N(Cc3ccncc3)[C@@H]2c2ccc(C(C)(C)C)cc2)cc1. The number of rotatable bonds is 5. The fraction of sp³-hybridized carbons (Fsp3) is 0.250. The lowest BCUT2D eigenvalue weighted by molar-refractivity contribution is -0.140. The smallest absolute Gasteiger partial charge is 0.295 e. The minimum absolute atomic E-state index is 0.0412. The number of methoxy groups -OCH3 is 1. The number of pyridine rings is 1. The molecule has 2 heterocycles. The molecule has 0 radical (unpaired) electrons. The van der Waals surface area contributed by atoms with E-state index in [2.05, 4.69) is 25.8 Å². The Labute approximate surface area is 199 Å². The number of benzene rings is 2. The average molecular weight is 457 g/mol. The standard InChI is InChI=1S/C28H28N2O4/c1-28(2,3)21-9-5-19(6-10-21)24-23(25(31)20-7-11-22(34-4)12-8-20)26(32)27(33)30(24)17-18-13-15-29-16-14-18/h5-16,24,31H,17H2,1-4H3/t24-/m1/s1. The van der Waals surface area contributed by atoms with Crippen molar-refractivity contribution in [2.24, 2.45) is 0 Å². The number of aliphatic hydroxyl groups is 1. The van der Waals surface area contributed by atoms with Crippen molar-refractivity contribution in [1.29, 1.82) is 0 Å². The summed E-state index contributed by atoms with van der Waals surface area (Å²) in [6.45, 7) is 6.60. The Morgan fingerprint density at radius 3 is 2.15 bits per heavy atom. The number of amides is 1. The number of aromatic nitrogens is 1. The van der Waals surface area contributed by atoms with Crippen molar-refractivity contribution in [3.63, 3.8) is 0 Å². The molecule has 1 saturated heterocycles. The Balaban J connectivity index is 1.84. The first-order chi connectivity index (χ1) is 16.2. The first-order valence-electron chi connectivity index (χ1n) is 11.1. The number of ether oxygens (including phenoxy) is 1. The fourth-order valence-electron chi connectivity index (χ4n) is 4.14. The molecule has 1 aliphatic rings. The fourth-order valence-corrected chi connectivity index (χ4v) is 4.14. The van der Waals surface area contributed by atoms with Gasteiger partial charge in [0.1, 0.15) is 11.5 Å². The third-order valence-electron chi connectivity index (χ3n) is 6.10. The Bertz CT molecular complexity index is 1220. The molecule has 0 unspecified atom stereocenters. The number of aliphatic hydroxyl groups excluding tert-OH is 1. The normalized spacial score (nSPS) is 17.8. The Hall–Kier alpha value is -3.93. The third-order valence-corrected chi connectivity index (χ3v) is 6.10. The van der Waals surface area contributed by atoms with Crippen LogP contribution in [0, 0.1) is 0 Å². The quantitative estimate of drug-likeness (QED) is 0.332. The summed E-state index contributed by atoms with van der Waals surface area (Å²) in [6, 6.07) is 17.5. The van der Waals surface area contributed by atoms with Crippen LogP contribution in [0.3, 0.4) is 0 Å². The molecule has 4 rings (SSSR count). The Morgan fingerprint density at radius 2 is 1.59 bits per heavy atom. The molecule has 6 heteroatoms. The van der Waals surface area contributed by atoms with Crippen LogP contribution < -0.4 is 4.74 Å². The number of carbonyl (C=O) groups excluding carboxylic acids is 2. The summed E-state index contributed by atoms with van der Waals surface area (Å²) in [7, 11) is 1.56. The molecule has 174 valence electrons. The van der Waals surface area contributed by atoms with E-state index in [1.807, 2.05) is 36.4 Å². The number of hydrogen-bond acceptors (Lipinski definition) is 5.